The van der Waals surface area contributed by atoms with E-state index in [1.54, 1.807) is 14.2 Å². The molecule has 2 aromatic carbocycles. The van der Waals surface area contributed by atoms with Crippen molar-refractivity contribution in [3.63, 3.8) is 0 Å². The molecule has 0 radical (unpaired) electrons. The standard InChI is InChI=1S/C18H22O3/c1-18(19,12-14-8-4-6-10-16(14)20-2)13-15-9-5-7-11-17(15)21-3/h4-11,19H,12-13H2,1-3H3. The van der Waals surface area contributed by atoms with E-state index in [1.807, 2.05) is 55.5 Å². The molecule has 0 saturated heterocycles. The molecule has 21 heavy (non-hydrogen) atoms. The first-order valence-corrected chi connectivity index (χ1v) is 7.02. The Morgan fingerprint density at radius 3 is 1.57 bits per heavy atom. The highest BCUT2D eigenvalue weighted by Crippen LogP contribution is 2.28. The van der Waals surface area contributed by atoms with Gasteiger partial charge in [0.15, 0.2) is 0 Å². The Hall–Kier alpha value is -2.00. The van der Waals surface area contributed by atoms with Crippen molar-refractivity contribution in [2.75, 3.05) is 14.2 Å². The molecule has 0 unspecified atom stereocenters. The zero-order valence-corrected chi connectivity index (χ0v) is 12.8. The minimum absolute atomic E-state index is 0.523. The molecule has 2 aromatic rings. The van der Waals surface area contributed by atoms with Crippen LogP contribution in [0.1, 0.15) is 18.1 Å². The van der Waals surface area contributed by atoms with Crippen LogP contribution < -0.4 is 9.47 Å². The number of ether oxygens (including phenoxy) is 2. The van der Waals surface area contributed by atoms with Gasteiger partial charge in [-0.1, -0.05) is 36.4 Å². The first-order valence-electron chi connectivity index (χ1n) is 7.02. The van der Waals surface area contributed by atoms with Gasteiger partial charge in [0, 0.05) is 12.8 Å². The van der Waals surface area contributed by atoms with Crippen molar-refractivity contribution in [3.05, 3.63) is 59.7 Å². The van der Waals surface area contributed by atoms with Crippen molar-refractivity contribution < 1.29 is 14.6 Å². The van der Waals surface area contributed by atoms with Gasteiger partial charge in [0.1, 0.15) is 11.5 Å². The molecule has 0 heterocycles. The maximum absolute atomic E-state index is 10.8. The fourth-order valence-electron chi connectivity index (χ4n) is 2.58. The molecule has 0 aliphatic carbocycles. The Morgan fingerprint density at radius 1 is 0.810 bits per heavy atom. The predicted molar refractivity (Wildman–Crippen MR) is 84.0 cm³/mol. The summed E-state index contributed by atoms with van der Waals surface area (Å²) in [5.41, 5.74) is 1.13. The van der Waals surface area contributed by atoms with Gasteiger partial charge in [-0.25, -0.2) is 0 Å². The molecule has 0 atom stereocenters. The normalized spacial score (nSPS) is 11.2. The second-order valence-corrected chi connectivity index (χ2v) is 5.47. The van der Waals surface area contributed by atoms with Gasteiger partial charge in [0.25, 0.3) is 0 Å². The molecule has 112 valence electrons. The first-order chi connectivity index (χ1) is 10.1. The van der Waals surface area contributed by atoms with Gasteiger partial charge < -0.3 is 14.6 Å². The van der Waals surface area contributed by atoms with E-state index in [2.05, 4.69) is 0 Å². The van der Waals surface area contributed by atoms with E-state index < -0.39 is 5.60 Å². The molecule has 0 saturated carbocycles. The van der Waals surface area contributed by atoms with Gasteiger partial charge in [-0.15, -0.1) is 0 Å². The fourth-order valence-corrected chi connectivity index (χ4v) is 2.58. The zero-order chi connectivity index (χ0) is 15.3. The Bertz CT molecular complexity index is 539. The molecule has 2 rings (SSSR count). The zero-order valence-electron chi connectivity index (χ0n) is 12.8. The van der Waals surface area contributed by atoms with Crippen molar-refractivity contribution in [2.24, 2.45) is 0 Å². The molecule has 1 N–H and O–H groups in total. The van der Waals surface area contributed by atoms with Crippen molar-refractivity contribution in [3.8, 4) is 11.5 Å². The fraction of sp³-hybridized carbons (Fsp3) is 0.333. The van der Waals surface area contributed by atoms with Crippen LogP contribution in [0.25, 0.3) is 0 Å². The van der Waals surface area contributed by atoms with Crippen molar-refractivity contribution in [2.45, 2.75) is 25.4 Å². The average molecular weight is 286 g/mol. The molecular formula is C18H22O3. The maximum atomic E-state index is 10.8. The van der Waals surface area contributed by atoms with Crippen LogP contribution in [0.5, 0.6) is 11.5 Å². The van der Waals surface area contributed by atoms with Gasteiger partial charge in [-0.2, -0.15) is 0 Å². The average Bonchev–Trinajstić information content (AvgIpc) is 2.47. The number of hydrogen-bond acceptors (Lipinski definition) is 3. The second-order valence-electron chi connectivity index (χ2n) is 5.47. The number of methoxy groups -OCH3 is 2. The summed E-state index contributed by atoms with van der Waals surface area (Å²) in [6.07, 6.45) is 1.05. The number of para-hydroxylation sites is 2. The van der Waals surface area contributed by atoms with E-state index in [1.165, 1.54) is 0 Å². The lowest BCUT2D eigenvalue weighted by molar-refractivity contribution is 0.0595. The van der Waals surface area contributed by atoms with Gasteiger partial charge >= 0.3 is 0 Å². The van der Waals surface area contributed by atoms with Crippen LogP contribution >= 0.6 is 0 Å². The lowest BCUT2D eigenvalue weighted by Gasteiger charge is -2.25. The smallest absolute Gasteiger partial charge is 0.122 e. The number of rotatable bonds is 6. The van der Waals surface area contributed by atoms with Gasteiger partial charge in [0.2, 0.25) is 0 Å². The minimum Gasteiger partial charge on any atom is -0.496 e. The summed E-state index contributed by atoms with van der Waals surface area (Å²) in [5.74, 6) is 1.61. The molecular weight excluding hydrogens is 264 g/mol. The molecule has 0 amide bonds. The highest BCUT2D eigenvalue weighted by atomic mass is 16.5. The summed E-state index contributed by atoms with van der Waals surface area (Å²) in [6, 6.07) is 15.6. The summed E-state index contributed by atoms with van der Waals surface area (Å²) in [7, 11) is 3.29. The molecule has 0 fully saturated rings. The SMILES string of the molecule is COc1ccccc1CC(C)(O)Cc1ccccc1OC. The maximum Gasteiger partial charge on any atom is 0.122 e. The molecule has 0 bridgehead atoms. The number of benzene rings is 2. The van der Waals surface area contributed by atoms with Crippen LogP contribution in [0, 0.1) is 0 Å². The van der Waals surface area contributed by atoms with Gasteiger partial charge in [-0.05, 0) is 30.2 Å². The van der Waals surface area contributed by atoms with Crippen LogP contribution in [0.2, 0.25) is 0 Å². The van der Waals surface area contributed by atoms with E-state index in [4.69, 9.17) is 9.47 Å². The molecule has 0 aromatic heterocycles. The quantitative estimate of drug-likeness (QED) is 0.886. The molecule has 3 heteroatoms. The summed E-state index contributed by atoms with van der Waals surface area (Å²) in [6.45, 7) is 1.84. The summed E-state index contributed by atoms with van der Waals surface area (Å²) in [5, 5.41) is 10.8. The van der Waals surface area contributed by atoms with E-state index >= 15 is 0 Å². The summed E-state index contributed by atoms with van der Waals surface area (Å²) in [4.78, 5) is 0. The number of hydrogen-bond donors (Lipinski definition) is 1. The highest BCUT2D eigenvalue weighted by Gasteiger charge is 2.24. The van der Waals surface area contributed by atoms with E-state index in [-0.39, 0.29) is 0 Å². The highest BCUT2D eigenvalue weighted by molar-refractivity contribution is 5.37. The van der Waals surface area contributed by atoms with Crippen LogP contribution in [0.15, 0.2) is 48.5 Å². The van der Waals surface area contributed by atoms with Crippen LogP contribution in [0.4, 0.5) is 0 Å². The topological polar surface area (TPSA) is 38.7 Å². The Morgan fingerprint density at radius 2 is 1.19 bits per heavy atom. The first kappa shape index (κ1) is 15.4. The molecule has 3 nitrogen and oxygen atoms in total. The van der Waals surface area contributed by atoms with Crippen LogP contribution in [0.3, 0.4) is 0 Å². The summed E-state index contributed by atoms with van der Waals surface area (Å²) < 4.78 is 10.7. The van der Waals surface area contributed by atoms with Crippen molar-refractivity contribution in [1.29, 1.82) is 0 Å². The van der Waals surface area contributed by atoms with Crippen molar-refractivity contribution in [1.82, 2.24) is 0 Å². The Labute approximate surface area is 126 Å². The number of aliphatic hydroxyl groups is 1. The van der Waals surface area contributed by atoms with Crippen LogP contribution in [-0.2, 0) is 12.8 Å². The second kappa shape index (κ2) is 6.64. The molecule has 0 spiro atoms. The van der Waals surface area contributed by atoms with Gasteiger partial charge in [-0.3, -0.25) is 0 Å². The molecule has 0 aliphatic rings. The summed E-state index contributed by atoms with van der Waals surface area (Å²) >= 11 is 0. The van der Waals surface area contributed by atoms with E-state index in [0.717, 1.165) is 22.6 Å². The molecule has 0 aliphatic heterocycles. The van der Waals surface area contributed by atoms with E-state index in [0.29, 0.717) is 12.8 Å². The van der Waals surface area contributed by atoms with Crippen molar-refractivity contribution >= 4 is 0 Å². The monoisotopic (exact) mass is 286 g/mol. The minimum atomic E-state index is -0.872. The van der Waals surface area contributed by atoms with E-state index in [9.17, 15) is 5.11 Å². The third-order valence-electron chi connectivity index (χ3n) is 3.53. The lowest BCUT2D eigenvalue weighted by Crippen LogP contribution is -2.30. The third kappa shape index (κ3) is 3.99. The van der Waals surface area contributed by atoms with Crippen LogP contribution in [-0.4, -0.2) is 24.9 Å². The Kier molecular flexibility index (Phi) is 4.86. The largest absolute Gasteiger partial charge is 0.496 e. The predicted octanol–water partition coefficient (Wildman–Crippen LogP) is 3.24. The van der Waals surface area contributed by atoms with Gasteiger partial charge in [0.05, 0.1) is 19.8 Å². The lowest BCUT2D eigenvalue weighted by atomic mass is 9.89. The Balaban J connectivity index is 2.18. The third-order valence-corrected chi connectivity index (χ3v) is 3.53.